The third-order valence-corrected chi connectivity index (χ3v) is 4.95. The molecule has 1 fully saturated rings. The quantitative estimate of drug-likeness (QED) is 0.809. The van der Waals surface area contributed by atoms with Gasteiger partial charge >= 0.3 is 0 Å². The summed E-state index contributed by atoms with van der Waals surface area (Å²) in [5.74, 6) is 0.224. The van der Waals surface area contributed by atoms with Crippen molar-refractivity contribution in [2.24, 2.45) is 0 Å². The summed E-state index contributed by atoms with van der Waals surface area (Å²) in [6, 6.07) is 10.1. The molecule has 5 heteroatoms. The molecule has 2 N–H and O–H groups in total. The molecule has 2 amide bonds. The smallest absolute Gasteiger partial charge is 0.278 e. The Balaban J connectivity index is 1.93. The number of amides is 2. The Kier molecular flexibility index (Phi) is 6.79. The van der Waals surface area contributed by atoms with Crippen LogP contribution in [0.3, 0.4) is 0 Å². The van der Waals surface area contributed by atoms with Gasteiger partial charge in [-0.15, -0.1) is 0 Å². The Bertz CT molecular complexity index is 539. The lowest BCUT2D eigenvalue weighted by molar-refractivity contribution is -0.918. The minimum absolute atomic E-state index is 0.0732. The number of benzene rings is 1. The molecule has 1 aromatic rings. The number of rotatable bonds is 6. The molecule has 2 atom stereocenters. The van der Waals surface area contributed by atoms with E-state index in [2.05, 4.69) is 24.4 Å². The molecule has 0 bridgehead atoms. The number of piperazine rings is 1. The lowest BCUT2D eigenvalue weighted by Crippen LogP contribution is -3.19. The predicted octanol–water partition coefficient (Wildman–Crippen LogP) is 0.780. The highest BCUT2D eigenvalue weighted by molar-refractivity contribution is 5.80. The summed E-state index contributed by atoms with van der Waals surface area (Å²) in [5, 5.41) is 3.22. The van der Waals surface area contributed by atoms with Gasteiger partial charge in [0.15, 0.2) is 6.04 Å². The molecule has 0 aliphatic carbocycles. The second kappa shape index (κ2) is 8.83. The highest BCUT2D eigenvalue weighted by atomic mass is 16.2. The van der Waals surface area contributed by atoms with E-state index < -0.39 is 0 Å². The van der Waals surface area contributed by atoms with Crippen LogP contribution in [0.4, 0.5) is 0 Å². The van der Waals surface area contributed by atoms with E-state index in [0.29, 0.717) is 0 Å². The predicted molar refractivity (Wildman–Crippen MR) is 94.6 cm³/mol. The maximum absolute atomic E-state index is 12.7. The summed E-state index contributed by atoms with van der Waals surface area (Å²) in [4.78, 5) is 27.2. The highest BCUT2D eigenvalue weighted by Gasteiger charge is 2.30. The zero-order valence-electron chi connectivity index (χ0n) is 15.0. The molecule has 0 saturated carbocycles. The molecule has 0 spiro atoms. The minimum Gasteiger partial charge on any atom is -0.344 e. The molecule has 0 aromatic heterocycles. The van der Waals surface area contributed by atoms with Gasteiger partial charge in [0.2, 0.25) is 5.91 Å². The van der Waals surface area contributed by atoms with E-state index in [0.717, 1.165) is 44.6 Å². The first-order chi connectivity index (χ1) is 11.5. The van der Waals surface area contributed by atoms with Crippen LogP contribution in [0.1, 0.15) is 45.2 Å². The molecule has 2 rings (SSSR count). The topological polar surface area (TPSA) is 53.9 Å². The summed E-state index contributed by atoms with van der Waals surface area (Å²) in [6.07, 6.45) is 1.97. The molecule has 5 nitrogen and oxygen atoms in total. The van der Waals surface area contributed by atoms with Crippen molar-refractivity contribution in [2.45, 2.75) is 45.7 Å². The molecule has 1 saturated heterocycles. The fraction of sp³-hybridized carbons (Fsp3) is 0.579. The Morgan fingerprint density at radius 2 is 1.83 bits per heavy atom. The zero-order chi connectivity index (χ0) is 17.5. The van der Waals surface area contributed by atoms with Crippen LogP contribution < -0.4 is 10.2 Å². The molecule has 1 heterocycles. The van der Waals surface area contributed by atoms with Gasteiger partial charge in [-0.3, -0.25) is 9.59 Å². The Morgan fingerprint density at radius 1 is 1.21 bits per heavy atom. The van der Waals surface area contributed by atoms with Crippen molar-refractivity contribution in [1.29, 1.82) is 0 Å². The van der Waals surface area contributed by atoms with E-state index in [4.69, 9.17) is 0 Å². The van der Waals surface area contributed by atoms with E-state index in [1.54, 1.807) is 6.92 Å². The normalized spacial score (nSPS) is 18.0. The van der Waals surface area contributed by atoms with Gasteiger partial charge in [-0.2, -0.15) is 0 Å². The van der Waals surface area contributed by atoms with Crippen LogP contribution in [0.5, 0.6) is 0 Å². The SMILES string of the molecule is CCC[C@H](NC(=O)[C@@H](C)[NH+]1CCN(C(C)=O)CC1)c1ccccc1. The number of hydrogen-bond donors (Lipinski definition) is 2. The third-order valence-electron chi connectivity index (χ3n) is 4.95. The van der Waals surface area contributed by atoms with Crippen molar-refractivity contribution >= 4 is 11.8 Å². The molecular weight excluding hydrogens is 302 g/mol. The van der Waals surface area contributed by atoms with Crippen molar-refractivity contribution in [2.75, 3.05) is 26.2 Å². The van der Waals surface area contributed by atoms with Crippen molar-refractivity contribution in [1.82, 2.24) is 10.2 Å². The standard InChI is InChI=1S/C19H29N3O2/c1-4-8-18(17-9-6-5-7-10-17)20-19(24)15(2)21-11-13-22(14-12-21)16(3)23/h5-7,9-10,15,18H,4,8,11-14H2,1-3H3,(H,20,24)/p+1/t15-,18+/m1/s1. The maximum atomic E-state index is 12.7. The van der Waals surface area contributed by atoms with E-state index in [9.17, 15) is 9.59 Å². The van der Waals surface area contributed by atoms with Crippen molar-refractivity contribution in [3.8, 4) is 0 Å². The summed E-state index contributed by atoms with van der Waals surface area (Å²) < 4.78 is 0. The monoisotopic (exact) mass is 332 g/mol. The van der Waals surface area contributed by atoms with E-state index >= 15 is 0 Å². The fourth-order valence-electron chi connectivity index (χ4n) is 3.32. The molecular formula is C19H30N3O2+. The van der Waals surface area contributed by atoms with Gasteiger partial charge in [-0.05, 0) is 18.9 Å². The maximum Gasteiger partial charge on any atom is 0.278 e. The van der Waals surface area contributed by atoms with Crippen LogP contribution in [-0.2, 0) is 9.59 Å². The number of hydrogen-bond acceptors (Lipinski definition) is 2. The Morgan fingerprint density at radius 3 is 2.38 bits per heavy atom. The number of quaternary nitrogens is 1. The summed E-state index contributed by atoms with van der Waals surface area (Å²) in [5.41, 5.74) is 1.16. The fourth-order valence-corrected chi connectivity index (χ4v) is 3.32. The number of carbonyl (C=O) groups excluding carboxylic acids is 2. The highest BCUT2D eigenvalue weighted by Crippen LogP contribution is 2.18. The molecule has 0 radical (unpaired) electrons. The van der Waals surface area contributed by atoms with Crippen molar-refractivity contribution in [3.05, 3.63) is 35.9 Å². The molecule has 1 aromatic carbocycles. The van der Waals surface area contributed by atoms with Crippen LogP contribution in [-0.4, -0.2) is 48.9 Å². The summed E-state index contributed by atoms with van der Waals surface area (Å²) in [6.45, 7) is 8.87. The second-order valence-corrected chi connectivity index (χ2v) is 6.65. The van der Waals surface area contributed by atoms with Crippen molar-refractivity contribution in [3.63, 3.8) is 0 Å². The third kappa shape index (κ3) is 4.81. The molecule has 24 heavy (non-hydrogen) atoms. The lowest BCUT2D eigenvalue weighted by atomic mass is 10.0. The Hall–Kier alpha value is -1.88. The van der Waals surface area contributed by atoms with Crippen LogP contribution in [0.15, 0.2) is 30.3 Å². The second-order valence-electron chi connectivity index (χ2n) is 6.65. The van der Waals surface area contributed by atoms with Gasteiger partial charge in [0.25, 0.3) is 5.91 Å². The molecule has 0 unspecified atom stereocenters. The first kappa shape index (κ1) is 18.5. The van der Waals surface area contributed by atoms with Crippen LogP contribution >= 0.6 is 0 Å². The van der Waals surface area contributed by atoms with Gasteiger partial charge in [0.1, 0.15) is 0 Å². The van der Waals surface area contributed by atoms with Gasteiger partial charge in [-0.25, -0.2) is 0 Å². The number of nitrogens with one attached hydrogen (secondary N) is 2. The average molecular weight is 332 g/mol. The van der Waals surface area contributed by atoms with Gasteiger partial charge in [0.05, 0.1) is 32.2 Å². The average Bonchev–Trinajstić information content (AvgIpc) is 2.61. The van der Waals surface area contributed by atoms with E-state index in [-0.39, 0.29) is 23.9 Å². The van der Waals surface area contributed by atoms with E-state index in [1.165, 1.54) is 4.90 Å². The molecule has 132 valence electrons. The first-order valence-corrected chi connectivity index (χ1v) is 8.98. The molecule has 1 aliphatic rings. The summed E-state index contributed by atoms with van der Waals surface area (Å²) >= 11 is 0. The van der Waals surface area contributed by atoms with Gasteiger partial charge in [-0.1, -0.05) is 43.7 Å². The van der Waals surface area contributed by atoms with Crippen LogP contribution in [0.25, 0.3) is 0 Å². The van der Waals surface area contributed by atoms with Crippen LogP contribution in [0.2, 0.25) is 0 Å². The van der Waals surface area contributed by atoms with E-state index in [1.807, 2.05) is 30.0 Å². The Labute approximate surface area is 145 Å². The molecule has 1 aliphatic heterocycles. The lowest BCUT2D eigenvalue weighted by Gasteiger charge is -2.34. The largest absolute Gasteiger partial charge is 0.344 e. The van der Waals surface area contributed by atoms with Crippen LogP contribution in [0, 0.1) is 0 Å². The number of nitrogens with zero attached hydrogens (tertiary/aromatic N) is 1. The zero-order valence-corrected chi connectivity index (χ0v) is 15.0. The number of carbonyl (C=O) groups is 2. The van der Waals surface area contributed by atoms with Crippen molar-refractivity contribution < 1.29 is 14.5 Å². The van der Waals surface area contributed by atoms with Gasteiger partial charge in [0, 0.05) is 6.92 Å². The van der Waals surface area contributed by atoms with Gasteiger partial charge < -0.3 is 15.1 Å². The summed E-state index contributed by atoms with van der Waals surface area (Å²) in [7, 11) is 0. The minimum atomic E-state index is -0.0952. The first-order valence-electron chi connectivity index (χ1n) is 8.98.